The van der Waals surface area contributed by atoms with Crippen molar-refractivity contribution in [2.45, 2.75) is 70.6 Å². The Balaban J connectivity index is 1.81. The van der Waals surface area contributed by atoms with Crippen LogP contribution in [0.4, 0.5) is 0 Å². The molecule has 2 aliphatic rings. The molecule has 0 radical (unpaired) electrons. The topological polar surface area (TPSA) is 66.4 Å². The van der Waals surface area contributed by atoms with E-state index in [0.29, 0.717) is 18.9 Å². The molecule has 0 aromatic heterocycles. The Morgan fingerprint density at radius 3 is 2.30 bits per heavy atom. The fourth-order valence-electron chi connectivity index (χ4n) is 3.87. The second-order valence-electron chi connectivity index (χ2n) is 6.76. The number of carboxylic acids is 1. The molecule has 0 spiro atoms. The zero-order valence-corrected chi connectivity index (χ0v) is 12.3. The van der Waals surface area contributed by atoms with Crippen LogP contribution in [0.25, 0.3) is 0 Å². The second kappa shape index (κ2) is 7.09. The van der Waals surface area contributed by atoms with Gasteiger partial charge in [-0.25, -0.2) is 0 Å². The van der Waals surface area contributed by atoms with E-state index < -0.39 is 5.97 Å². The maximum absolute atomic E-state index is 12.0. The summed E-state index contributed by atoms with van der Waals surface area (Å²) in [6, 6.07) is 0. The molecule has 4 nitrogen and oxygen atoms in total. The Hall–Kier alpha value is -1.06. The molecular weight excluding hydrogens is 254 g/mol. The number of rotatable bonds is 6. The van der Waals surface area contributed by atoms with E-state index in [9.17, 15) is 9.59 Å². The number of nitrogens with one attached hydrogen (secondary N) is 1. The van der Waals surface area contributed by atoms with E-state index in [0.717, 1.165) is 25.7 Å². The van der Waals surface area contributed by atoms with Gasteiger partial charge in [0.15, 0.2) is 0 Å². The van der Waals surface area contributed by atoms with Gasteiger partial charge in [0.1, 0.15) is 0 Å². The first kappa shape index (κ1) is 15.3. The predicted molar refractivity (Wildman–Crippen MR) is 77.4 cm³/mol. The first-order valence-electron chi connectivity index (χ1n) is 8.08. The lowest BCUT2D eigenvalue weighted by molar-refractivity contribution is -0.140. The normalized spacial score (nSPS) is 22.6. The molecule has 0 heterocycles. The molecule has 0 aromatic carbocycles. The summed E-state index contributed by atoms with van der Waals surface area (Å²) in [5, 5.41) is 12.1. The van der Waals surface area contributed by atoms with Gasteiger partial charge >= 0.3 is 5.97 Å². The summed E-state index contributed by atoms with van der Waals surface area (Å²) in [7, 11) is 0. The SMILES string of the molecule is O=C(O)CC1(CNC(=O)CC2CCCC2)CCCCC1. The summed E-state index contributed by atoms with van der Waals surface area (Å²) in [6.45, 7) is 0.546. The lowest BCUT2D eigenvalue weighted by atomic mass is 9.71. The standard InChI is InChI=1S/C16H27NO3/c18-14(10-13-6-2-3-7-13)17-12-16(11-15(19)20)8-4-1-5-9-16/h13H,1-12H2,(H,17,18)(H,19,20). The number of carboxylic acid groups (broad SMARTS) is 1. The lowest BCUT2D eigenvalue weighted by Gasteiger charge is -2.36. The summed E-state index contributed by atoms with van der Waals surface area (Å²) in [5.74, 6) is -0.0686. The zero-order chi connectivity index (χ0) is 14.4. The average molecular weight is 281 g/mol. The Morgan fingerprint density at radius 1 is 1.05 bits per heavy atom. The zero-order valence-electron chi connectivity index (χ0n) is 12.3. The van der Waals surface area contributed by atoms with Crippen LogP contribution < -0.4 is 5.32 Å². The van der Waals surface area contributed by atoms with Crippen molar-refractivity contribution in [2.24, 2.45) is 11.3 Å². The minimum Gasteiger partial charge on any atom is -0.481 e. The molecule has 2 N–H and O–H groups in total. The molecule has 2 rings (SSSR count). The minimum absolute atomic E-state index is 0.118. The van der Waals surface area contributed by atoms with E-state index in [4.69, 9.17) is 5.11 Å². The van der Waals surface area contributed by atoms with Gasteiger partial charge in [-0.3, -0.25) is 9.59 Å². The van der Waals surface area contributed by atoms with E-state index >= 15 is 0 Å². The second-order valence-corrected chi connectivity index (χ2v) is 6.76. The maximum Gasteiger partial charge on any atom is 0.303 e. The summed E-state index contributed by atoms with van der Waals surface area (Å²) in [6.07, 6.45) is 10.9. The minimum atomic E-state index is -0.739. The van der Waals surface area contributed by atoms with Gasteiger partial charge in [0, 0.05) is 13.0 Å². The Bertz CT molecular complexity index is 342. The number of hydrogen-bond donors (Lipinski definition) is 2. The molecule has 0 bridgehead atoms. The van der Waals surface area contributed by atoms with E-state index in [1.54, 1.807) is 0 Å². The third-order valence-electron chi connectivity index (χ3n) is 5.05. The van der Waals surface area contributed by atoms with Crippen LogP contribution in [-0.4, -0.2) is 23.5 Å². The van der Waals surface area contributed by atoms with Crippen LogP contribution >= 0.6 is 0 Å². The molecule has 0 unspecified atom stereocenters. The molecule has 0 aliphatic heterocycles. The first-order chi connectivity index (χ1) is 9.60. The average Bonchev–Trinajstić information content (AvgIpc) is 2.90. The molecule has 2 saturated carbocycles. The third-order valence-corrected chi connectivity index (χ3v) is 5.05. The molecule has 4 heteroatoms. The van der Waals surface area contributed by atoms with Crippen molar-refractivity contribution in [1.29, 1.82) is 0 Å². The Kier molecular flexibility index (Phi) is 5.44. The van der Waals surface area contributed by atoms with Gasteiger partial charge in [-0.15, -0.1) is 0 Å². The molecule has 20 heavy (non-hydrogen) atoms. The van der Waals surface area contributed by atoms with Crippen molar-refractivity contribution in [3.05, 3.63) is 0 Å². The molecule has 0 saturated heterocycles. The van der Waals surface area contributed by atoms with E-state index in [-0.39, 0.29) is 17.7 Å². The van der Waals surface area contributed by atoms with Crippen molar-refractivity contribution in [3.63, 3.8) is 0 Å². The van der Waals surface area contributed by atoms with Crippen LogP contribution in [-0.2, 0) is 9.59 Å². The highest BCUT2D eigenvalue weighted by molar-refractivity contribution is 5.76. The summed E-state index contributed by atoms with van der Waals surface area (Å²) in [5.41, 5.74) is -0.199. The van der Waals surface area contributed by atoms with Crippen LogP contribution in [0.3, 0.4) is 0 Å². The summed E-state index contributed by atoms with van der Waals surface area (Å²) < 4.78 is 0. The predicted octanol–water partition coefficient (Wildman–Crippen LogP) is 3.11. The molecule has 0 aromatic rings. The molecule has 1 amide bonds. The van der Waals surface area contributed by atoms with Gasteiger partial charge in [0.05, 0.1) is 6.42 Å². The summed E-state index contributed by atoms with van der Waals surface area (Å²) >= 11 is 0. The van der Waals surface area contributed by atoms with Crippen LogP contribution in [0.5, 0.6) is 0 Å². The molecule has 2 fully saturated rings. The fourth-order valence-corrected chi connectivity index (χ4v) is 3.87. The van der Waals surface area contributed by atoms with Crippen molar-refractivity contribution < 1.29 is 14.7 Å². The largest absolute Gasteiger partial charge is 0.481 e. The Labute approximate surface area is 121 Å². The van der Waals surface area contributed by atoms with Gasteiger partial charge in [0.25, 0.3) is 0 Å². The summed E-state index contributed by atoms with van der Waals surface area (Å²) in [4.78, 5) is 23.1. The number of carbonyl (C=O) groups is 2. The van der Waals surface area contributed by atoms with E-state index in [1.807, 2.05) is 0 Å². The van der Waals surface area contributed by atoms with Gasteiger partial charge < -0.3 is 10.4 Å². The van der Waals surface area contributed by atoms with Crippen LogP contribution in [0.1, 0.15) is 70.6 Å². The smallest absolute Gasteiger partial charge is 0.303 e. The van der Waals surface area contributed by atoms with Gasteiger partial charge in [-0.1, -0.05) is 32.1 Å². The van der Waals surface area contributed by atoms with E-state index in [1.165, 1.54) is 32.1 Å². The first-order valence-corrected chi connectivity index (χ1v) is 8.08. The third kappa shape index (κ3) is 4.50. The number of amides is 1. The molecule has 114 valence electrons. The highest BCUT2D eigenvalue weighted by atomic mass is 16.4. The van der Waals surface area contributed by atoms with Gasteiger partial charge in [0.2, 0.25) is 5.91 Å². The van der Waals surface area contributed by atoms with Crippen molar-refractivity contribution in [1.82, 2.24) is 5.32 Å². The van der Waals surface area contributed by atoms with Crippen LogP contribution in [0.2, 0.25) is 0 Å². The number of hydrogen-bond acceptors (Lipinski definition) is 2. The van der Waals surface area contributed by atoms with Crippen LogP contribution in [0, 0.1) is 11.3 Å². The van der Waals surface area contributed by atoms with Crippen molar-refractivity contribution in [2.75, 3.05) is 6.54 Å². The fraction of sp³-hybridized carbons (Fsp3) is 0.875. The Morgan fingerprint density at radius 2 is 1.70 bits per heavy atom. The van der Waals surface area contributed by atoms with Gasteiger partial charge in [-0.05, 0) is 37.0 Å². The molecule has 0 atom stereocenters. The number of aliphatic carboxylic acids is 1. The quantitative estimate of drug-likeness (QED) is 0.786. The molecule has 2 aliphatic carbocycles. The molecular formula is C16H27NO3. The monoisotopic (exact) mass is 281 g/mol. The van der Waals surface area contributed by atoms with Crippen molar-refractivity contribution in [3.8, 4) is 0 Å². The van der Waals surface area contributed by atoms with Gasteiger partial charge in [-0.2, -0.15) is 0 Å². The highest BCUT2D eigenvalue weighted by Gasteiger charge is 2.34. The lowest BCUT2D eigenvalue weighted by Crippen LogP contribution is -2.40. The van der Waals surface area contributed by atoms with Crippen LogP contribution in [0.15, 0.2) is 0 Å². The van der Waals surface area contributed by atoms with Crippen molar-refractivity contribution >= 4 is 11.9 Å². The number of carbonyl (C=O) groups excluding carboxylic acids is 1. The highest BCUT2D eigenvalue weighted by Crippen LogP contribution is 2.39. The maximum atomic E-state index is 12.0. The van der Waals surface area contributed by atoms with E-state index in [2.05, 4.69) is 5.32 Å².